The van der Waals surface area contributed by atoms with Crippen molar-refractivity contribution in [3.63, 3.8) is 0 Å². The molecule has 1 atom stereocenters. The van der Waals surface area contributed by atoms with E-state index in [1.165, 1.54) is 6.33 Å². The van der Waals surface area contributed by atoms with Crippen molar-refractivity contribution in [1.29, 1.82) is 0 Å². The smallest absolute Gasteiger partial charge is 0.254 e. The number of hydrogen-bond donors (Lipinski definition) is 0. The molecule has 1 aliphatic rings. The van der Waals surface area contributed by atoms with Crippen LogP contribution < -0.4 is 4.90 Å². The molecule has 0 radical (unpaired) electrons. The third kappa shape index (κ3) is 2.12. The van der Waals surface area contributed by atoms with Crippen LogP contribution in [0.5, 0.6) is 0 Å². The molecule has 0 spiro atoms. The van der Waals surface area contributed by atoms with Gasteiger partial charge in [-0.1, -0.05) is 0 Å². The minimum atomic E-state index is 0.0631. The number of ether oxygens (including phenoxy) is 1. The monoisotopic (exact) mass is 299 g/mol. The molecule has 8 nitrogen and oxygen atoms in total. The van der Waals surface area contributed by atoms with Gasteiger partial charge in [-0.3, -0.25) is 4.68 Å². The van der Waals surface area contributed by atoms with Gasteiger partial charge in [-0.2, -0.15) is 19.7 Å². The predicted molar refractivity (Wildman–Crippen MR) is 79.6 cm³/mol. The summed E-state index contributed by atoms with van der Waals surface area (Å²) in [5.41, 5.74) is 2.07. The summed E-state index contributed by atoms with van der Waals surface area (Å²) in [6.07, 6.45) is 3.42. The minimum Gasteiger partial charge on any atom is -0.378 e. The molecule has 114 valence electrons. The van der Waals surface area contributed by atoms with Gasteiger partial charge < -0.3 is 9.64 Å². The van der Waals surface area contributed by atoms with Crippen LogP contribution >= 0.6 is 0 Å². The fourth-order valence-corrected chi connectivity index (χ4v) is 2.88. The number of methoxy groups -OCH3 is 1. The SMILES string of the molecule is COC1CN(c2cc(C)nc3ncnn23)Cc2ccnn2C1. The lowest BCUT2D eigenvalue weighted by molar-refractivity contribution is 0.0926. The number of nitrogens with zero attached hydrogens (tertiary/aromatic N) is 7. The molecule has 0 N–H and O–H groups in total. The number of aromatic nitrogens is 6. The Balaban J connectivity index is 1.81. The normalized spacial score (nSPS) is 18.5. The molecule has 0 aliphatic carbocycles. The van der Waals surface area contributed by atoms with Crippen LogP contribution in [0.1, 0.15) is 11.4 Å². The van der Waals surface area contributed by atoms with Crippen LogP contribution in [0.15, 0.2) is 24.7 Å². The highest BCUT2D eigenvalue weighted by Gasteiger charge is 2.24. The third-order valence-corrected chi connectivity index (χ3v) is 3.98. The van der Waals surface area contributed by atoms with Crippen molar-refractivity contribution in [2.45, 2.75) is 26.1 Å². The van der Waals surface area contributed by atoms with E-state index in [0.29, 0.717) is 5.78 Å². The molecular weight excluding hydrogens is 282 g/mol. The molecule has 1 unspecified atom stereocenters. The molecule has 8 heteroatoms. The second-order valence-electron chi connectivity index (χ2n) is 5.47. The summed E-state index contributed by atoms with van der Waals surface area (Å²) in [7, 11) is 1.74. The van der Waals surface area contributed by atoms with Crippen LogP contribution in [-0.4, -0.2) is 49.1 Å². The zero-order valence-corrected chi connectivity index (χ0v) is 12.5. The van der Waals surface area contributed by atoms with Gasteiger partial charge in [-0.15, -0.1) is 0 Å². The first kappa shape index (κ1) is 13.2. The Labute approximate surface area is 127 Å². The second kappa shape index (κ2) is 5.06. The Morgan fingerprint density at radius 3 is 3.05 bits per heavy atom. The van der Waals surface area contributed by atoms with Gasteiger partial charge >= 0.3 is 0 Å². The van der Waals surface area contributed by atoms with Crippen LogP contribution in [0.4, 0.5) is 5.82 Å². The van der Waals surface area contributed by atoms with E-state index in [0.717, 1.165) is 36.8 Å². The lowest BCUT2D eigenvalue weighted by Crippen LogP contribution is -2.33. The molecular formula is C14H17N7O. The van der Waals surface area contributed by atoms with E-state index in [1.807, 2.05) is 29.9 Å². The van der Waals surface area contributed by atoms with Crippen LogP contribution in [0.3, 0.4) is 0 Å². The number of rotatable bonds is 2. The highest BCUT2D eigenvalue weighted by molar-refractivity contribution is 5.47. The molecule has 0 bridgehead atoms. The fourth-order valence-electron chi connectivity index (χ4n) is 2.88. The second-order valence-corrected chi connectivity index (χ2v) is 5.47. The maximum Gasteiger partial charge on any atom is 0.254 e. The van der Waals surface area contributed by atoms with Crippen LogP contribution in [0, 0.1) is 6.92 Å². The Morgan fingerprint density at radius 1 is 1.27 bits per heavy atom. The molecule has 0 saturated heterocycles. The van der Waals surface area contributed by atoms with Crippen molar-refractivity contribution in [2.75, 3.05) is 18.6 Å². The molecule has 4 rings (SSSR count). The van der Waals surface area contributed by atoms with E-state index < -0.39 is 0 Å². The molecule has 0 amide bonds. The quantitative estimate of drug-likeness (QED) is 0.692. The zero-order chi connectivity index (χ0) is 15.1. The van der Waals surface area contributed by atoms with E-state index >= 15 is 0 Å². The minimum absolute atomic E-state index is 0.0631. The first-order valence-corrected chi connectivity index (χ1v) is 7.20. The predicted octanol–water partition coefficient (Wildman–Crippen LogP) is 0.664. The standard InChI is InChI=1S/C14H17N7O/c1-10-5-13(21-14(18-10)15-9-17-21)19-6-11-3-4-16-20(11)8-12(7-19)22-2/h3-5,9,12H,6-8H2,1-2H3. The Bertz CT molecular complexity index is 808. The number of hydrogen-bond acceptors (Lipinski definition) is 6. The van der Waals surface area contributed by atoms with Gasteiger partial charge in [0, 0.05) is 31.6 Å². The van der Waals surface area contributed by atoms with E-state index in [9.17, 15) is 0 Å². The van der Waals surface area contributed by atoms with Gasteiger partial charge in [0.2, 0.25) is 0 Å². The van der Waals surface area contributed by atoms with E-state index in [4.69, 9.17) is 4.74 Å². The summed E-state index contributed by atoms with van der Waals surface area (Å²) in [5, 5.41) is 8.67. The molecule has 4 heterocycles. The molecule has 0 fully saturated rings. The molecule has 0 aromatic carbocycles. The summed E-state index contributed by atoms with van der Waals surface area (Å²) in [4.78, 5) is 10.8. The molecule has 0 saturated carbocycles. The van der Waals surface area contributed by atoms with Crippen molar-refractivity contribution in [1.82, 2.24) is 29.4 Å². The van der Waals surface area contributed by atoms with E-state index in [1.54, 1.807) is 11.6 Å². The van der Waals surface area contributed by atoms with Crippen molar-refractivity contribution >= 4 is 11.6 Å². The Kier molecular flexibility index (Phi) is 3.04. The lowest BCUT2D eigenvalue weighted by Gasteiger charge is -2.25. The van der Waals surface area contributed by atoms with E-state index in [2.05, 4.69) is 25.1 Å². The number of fused-ring (bicyclic) bond motifs is 2. The van der Waals surface area contributed by atoms with Crippen molar-refractivity contribution in [3.8, 4) is 0 Å². The maximum atomic E-state index is 5.61. The van der Waals surface area contributed by atoms with Gasteiger partial charge in [0.25, 0.3) is 5.78 Å². The number of anilines is 1. The van der Waals surface area contributed by atoms with Gasteiger partial charge in [0.1, 0.15) is 12.1 Å². The lowest BCUT2D eigenvalue weighted by atomic mass is 10.3. The van der Waals surface area contributed by atoms with Gasteiger partial charge in [0.15, 0.2) is 0 Å². The van der Waals surface area contributed by atoms with Crippen LogP contribution in [0.2, 0.25) is 0 Å². The summed E-state index contributed by atoms with van der Waals surface area (Å²) >= 11 is 0. The largest absolute Gasteiger partial charge is 0.378 e. The first-order chi connectivity index (χ1) is 10.7. The zero-order valence-electron chi connectivity index (χ0n) is 12.5. The van der Waals surface area contributed by atoms with E-state index in [-0.39, 0.29) is 6.10 Å². The van der Waals surface area contributed by atoms with Crippen LogP contribution in [0.25, 0.3) is 5.78 Å². The van der Waals surface area contributed by atoms with Gasteiger partial charge in [0.05, 0.1) is 24.9 Å². The molecule has 22 heavy (non-hydrogen) atoms. The van der Waals surface area contributed by atoms with Crippen molar-refractivity contribution < 1.29 is 4.74 Å². The van der Waals surface area contributed by atoms with Crippen LogP contribution in [-0.2, 0) is 17.8 Å². The Hall–Kier alpha value is -2.48. The topological polar surface area (TPSA) is 73.4 Å². The summed E-state index contributed by atoms with van der Waals surface area (Å²) in [6.45, 7) is 4.23. The number of aryl methyl sites for hydroxylation is 1. The molecule has 1 aliphatic heterocycles. The Morgan fingerprint density at radius 2 is 2.18 bits per heavy atom. The van der Waals surface area contributed by atoms with Gasteiger partial charge in [-0.05, 0) is 13.0 Å². The van der Waals surface area contributed by atoms with Gasteiger partial charge in [-0.25, -0.2) is 4.98 Å². The van der Waals surface area contributed by atoms with Crippen molar-refractivity contribution in [2.24, 2.45) is 0 Å². The summed E-state index contributed by atoms with van der Waals surface area (Å²) in [6, 6.07) is 4.07. The average Bonchev–Trinajstić information content (AvgIpc) is 3.11. The fraction of sp³-hybridized carbons (Fsp3) is 0.429. The first-order valence-electron chi connectivity index (χ1n) is 7.20. The molecule has 3 aromatic heterocycles. The van der Waals surface area contributed by atoms with Crippen molar-refractivity contribution in [3.05, 3.63) is 36.0 Å². The summed E-state index contributed by atoms with van der Waals surface area (Å²) in [5.74, 6) is 1.58. The highest BCUT2D eigenvalue weighted by atomic mass is 16.5. The summed E-state index contributed by atoms with van der Waals surface area (Å²) < 4.78 is 9.38. The average molecular weight is 299 g/mol. The molecule has 3 aromatic rings. The third-order valence-electron chi connectivity index (χ3n) is 3.98. The maximum absolute atomic E-state index is 5.61. The highest BCUT2D eigenvalue weighted by Crippen LogP contribution is 2.22.